The van der Waals surface area contributed by atoms with Crippen molar-refractivity contribution in [1.29, 1.82) is 0 Å². The molecule has 5 heteroatoms. The molecule has 138 valence electrons. The molecule has 0 saturated carbocycles. The Bertz CT molecular complexity index is 557. The molecule has 0 bridgehead atoms. The molecule has 2 heterocycles. The van der Waals surface area contributed by atoms with Gasteiger partial charge in [0.1, 0.15) is 6.04 Å². The molecule has 4 atom stereocenters. The highest BCUT2D eigenvalue weighted by Crippen LogP contribution is 2.37. The summed E-state index contributed by atoms with van der Waals surface area (Å²) < 4.78 is 0. The molecule has 5 nitrogen and oxygen atoms in total. The summed E-state index contributed by atoms with van der Waals surface area (Å²) in [5, 5.41) is 0. The van der Waals surface area contributed by atoms with E-state index in [1.165, 1.54) is 4.90 Å². The second-order valence-corrected chi connectivity index (χ2v) is 8.38. The van der Waals surface area contributed by atoms with Crippen LogP contribution in [-0.4, -0.2) is 46.7 Å². The van der Waals surface area contributed by atoms with E-state index in [0.29, 0.717) is 25.2 Å². The number of hydrogen-bond donors (Lipinski definition) is 0. The van der Waals surface area contributed by atoms with Crippen molar-refractivity contribution in [2.24, 2.45) is 23.7 Å². The van der Waals surface area contributed by atoms with E-state index >= 15 is 0 Å². The zero-order valence-corrected chi connectivity index (χ0v) is 15.6. The number of carbonyl (C=O) groups is 3. The summed E-state index contributed by atoms with van der Waals surface area (Å²) >= 11 is 0. The van der Waals surface area contributed by atoms with E-state index in [1.54, 1.807) is 0 Å². The normalized spacial score (nSPS) is 30.8. The van der Waals surface area contributed by atoms with Crippen LogP contribution in [0.3, 0.4) is 0 Å². The first-order chi connectivity index (χ1) is 11.9. The van der Waals surface area contributed by atoms with E-state index in [2.05, 4.69) is 6.92 Å². The van der Waals surface area contributed by atoms with Crippen molar-refractivity contribution in [2.75, 3.05) is 13.1 Å². The summed E-state index contributed by atoms with van der Waals surface area (Å²) in [5.41, 5.74) is 0. The van der Waals surface area contributed by atoms with Gasteiger partial charge in [-0.15, -0.1) is 0 Å². The lowest BCUT2D eigenvalue weighted by Crippen LogP contribution is -2.53. The Labute approximate surface area is 150 Å². The first kappa shape index (κ1) is 18.2. The van der Waals surface area contributed by atoms with Crippen LogP contribution in [0.4, 0.5) is 0 Å². The van der Waals surface area contributed by atoms with Gasteiger partial charge in [-0.2, -0.15) is 0 Å². The second-order valence-electron chi connectivity index (χ2n) is 8.38. The fourth-order valence-electron chi connectivity index (χ4n) is 4.50. The van der Waals surface area contributed by atoms with Crippen molar-refractivity contribution in [3.05, 3.63) is 12.2 Å². The monoisotopic (exact) mass is 346 g/mol. The average molecular weight is 346 g/mol. The number of piperidine rings is 1. The number of carbonyl (C=O) groups excluding carboxylic acids is 3. The minimum atomic E-state index is -0.629. The summed E-state index contributed by atoms with van der Waals surface area (Å²) in [6.07, 6.45) is 7.90. The molecule has 1 aliphatic carbocycles. The molecule has 0 aromatic carbocycles. The first-order valence-corrected chi connectivity index (χ1v) is 9.70. The second kappa shape index (κ2) is 7.30. The zero-order chi connectivity index (χ0) is 18.1. The fourth-order valence-corrected chi connectivity index (χ4v) is 4.50. The maximum Gasteiger partial charge on any atom is 0.245 e. The van der Waals surface area contributed by atoms with E-state index in [4.69, 9.17) is 0 Å². The van der Waals surface area contributed by atoms with Crippen LogP contribution in [0.2, 0.25) is 0 Å². The zero-order valence-electron chi connectivity index (χ0n) is 15.6. The van der Waals surface area contributed by atoms with Crippen LogP contribution in [-0.2, 0) is 14.4 Å². The van der Waals surface area contributed by atoms with Crippen molar-refractivity contribution < 1.29 is 14.4 Å². The number of amides is 3. The fraction of sp³-hybridized carbons (Fsp3) is 0.750. The number of hydrogen-bond acceptors (Lipinski definition) is 3. The van der Waals surface area contributed by atoms with Crippen molar-refractivity contribution in [3.63, 3.8) is 0 Å². The van der Waals surface area contributed by atoms with Crippen molar-refractivity contribution in [1.82, 2.24) is 9.80 Å². The minimum absolute atomic E-state index is 0.0337. The lowest BCUT2D eigenvalue weighted by atomic mass is 9.85. The molecule has 3 aliphatic rings. The molecule has 25 heavy (non-hydrogen) atoms. The highest BCUT2D eigenvalue weighted by Gasteiger charge is 2.51. The molecule has 2 fully saturated rings. The van der Waals surface area contributed by atoms with E-state index < -0.39 is 6.04 Å². The van der Waals surface area contributed by atoms with Gasteiger partial charge in [-0.05, 0) is 43.9 Å². The molecule has 0 aromatic rings. The highest BCUT2D eigenvalue weighted by molar-refractivity contribution is 6.08. The summed E-state index contributed by atoms with van der Waals surface area (Å²) in [6, 6.07) is -0.629. The van der Waals surface area contributed by atoms with Gasteiger partial charge in [0.15, 0.2) is 0 Å². The standard InChI is InChI=1S/C20H30N2O3/c1-13(2)11-17(20(25)21-10-6-7-14(3)12-21)22-18(23)15-8-4-5-9-16(15)19(22)24/h4-5,13-17H,6-12H2,1-3H3/t14-,15-,16+,17-/m1/s1. The van der Waals surface area contributed by atoms with Gasteiger partial charge in [0.05, 0.1) is 11.8 Å². The number of rotatable bonds is 4. The van der Waals surface area contributed by atoms with Crippen LogP contribution in [0, 0.1) is 23.7 Å². The lowest BCUT2D eigenvalue weighted by molar-refractivity contribution is -0.153. The third-order valence-corrected chi connectivity index (χ3v) is 5.80. The summed E-state index contributed by atoms with van der Waals surface area (Å²) in [7, 11) is 0. The Morgan fingerprint density at radius 2 is 1.76 bits per heavy atom. The molecule has 2 aliphatic heterocycles. The third-order valence-electron chi connectivity index (χ3n) is 5.80. The number of likely N-dealkylation sites (tertiary alicyclic amines) is 2. The molecular weight excluding hydrogens is 316 g/mol. The molecule has 0 spiro atoms. The molecule has 3 rings (SSSR count). The maximum atomic E-state index is 13.2. The largest absolute Gasteiger partial charge is 0.341 e. The number of fused-ring (bicyclic) bond motifs is 1. The van der Waals surface area contributed by atoms with Crippen LogP contribution in [0.5, 0.6) is 0 Å². The van der Waals surface area contributed by atoms with E-state index in [1.807, 2.05) is 30.9 Å². The van der Waals surface area contributed by atoms with Crippen LogP contribution in [0.25, 0.3) is 0 Å². The minimum Gasteiger partial charge on any atom is -0.341 e. The lowest BCUT2D eigenvalue weighted by Gasteiger charge is -2.36. The van der Waals surface area contributed by atoms with Gasteiger partial charge in [0.25, 0.3) is 0 Å². The number of allylic oxidation sites excluding steroid dienone is 2. The van der Waals surface area contributed by atoms with E-state index in [9.17, 15) is 14.4 Å². The molecule has 0 aromatic heterocycles. The molecule has 2 saturated heterocycles. The summed E-state index contributed by atoms with van der Waals surface area (Å²) in [6.45, 7) is 7.71. The molecule has 0 N–H and O–H groups in total. The van der Waals surface area contributed by atoms with Gasteiger partial charge in [-0.3, -0.25) is 19.3 Å². The molecular formula is C20H30N2O3. The quantitative estimate of drug-likeness (QED) is 0.581. The molecule has 0 unspecified atom stereocenters. The van der Waals surface area contributed by atoms with Gasteiger partial charge >= 0.3 is 0 Å². The Morgan fingerprint density at radius 3 is 2.28 bits per heavy atom. The van der Waals surface area contributed by atoms with Gasteiger partial charge in [0, 0.05) is 13.1 Å². The van der Waals surface area contributed by atoms with E-state index in [0.717, 1.165) is 25.9 Å². The maximum absolute atomic E-state index is 13.2. The summed E-state index contributed by atoms with van der Waals surface area (Å²) in [4.78, 5) is 42.3. The van der Waals surface area contributed by atoms with Crippen molar-refractivity contribution in [2.45, 2.75) is 58.9 Å². The summed E-state index contributed by atoms with van der Waals surface area (Å²) in [5.74, 6) is -0.104. The van der Waals surface area contributed by atoms with Crippen LogP contribution in [0.1, 0.15) is 52.9 Å². The third kappa shape index (κ3) is 3.51. The number of nitrogens with zero attached hydrogens (tertiary/aromatic N) is 2. The SMILES string of the molecule is CC(C)C[C@H](C(=O)N1CCC[C@@H](C)C1)N1C(=O)[C@H]2CC=CC[C@H]2C1=O. The van der Waals surface area contributed by atoms with Gasteiger partial charge < -0.3 is 4.90 Å². The molecule has 0 radical (unpaired) electrons. The Kier molecular flexibility index (Phi) is 5.30. The predicted molar refractivity (Wildman–Crippen MR) is 95.4 cm³/mol. The highest BCUT2D eigenvalue weighted by atomic mass is 16.2. The first-order valence-electron chi connectivity index (χ1n) is 9.70. The van der Waals surface area contributed by atoms with Gasteiger partial charge in [-0.25, -0.2) is 0 Å². The van der Waals surface area contributed by atoms with Crippen molar-refractivity contribution >= 4 is 17.7 Å². The van der Waals surface area contributed by atoms with Crippen LogP contribution < -0.4 is 0 Å². The predicted octanol–water partition coefficient (Wildman–Crippen LogP) is 2.61. The Hall–Kier alpha value is -1.65. The van der Waals surface area contributed by atoms with Crippen LogP contribution in [0.15, 0.2) is 12.2 Å². The van der Waals surface area contributed by atoms with Gasteiger partial charge in [0.2, 0.25) is 17.7 Å². The Morgan fingerprint density at radius 1 is 1.16 bits per heavy atom. The number of imide groups is 1. The van der Waals surface area contributed by atoms with Crippen LogP contribution >= 0.6 is 0 Å². The Balaban J connectivity index is 1.84. The van der Waals surface area contributed by atoms with Crippen molar-refractivity contribution in [3.8, 4) is 0 Å². The van der Waals surface area contributed by atoms with Gasteiger partial charge in [-0.1, -0.05) is 32.9 Å². The average Bonchev–Trinajstić information content (AvgIpc) is 2.84. The molecule has 3 amide bonds. The topological polar surface area (TPSA) is 57.7 Å². The smallest absolute Gasteiger partial charge is 0.245 e. The van der Waals surface area contributed by atoms with E-state index in [-0.39, 0.29) is 35.5 Å².